The van der Waals surface area contributed by atoms with Crippen LogP contribution in [-0.4, -0.2) is 46.3 Å². The van der Waals surface area contributed by atoms with Gasteiger partial charge in [-0.1, -0.05) is 18.5 Å². The zero-order valence-electron chi connectivity index (χ0n) is 22.3. The van der Waals surface area contributed by atoms with Crippen LogP contribution in [0.15, 0.2) is 18.2 Å². The number of ether oxygens (including phenoxy) is 1. The fraction of sp³-hybridized carbons (Fsp3) is 0.370. The maximum absolute atomic E-state index is 15.5. The van der Waals surface area contributed by atoms with E-state index < -0.39 is 47.0 Å². The predicted octanol–water partition coefficient (Wildman–Crippen LogP) is 4.83. The van der Waals surface area contributed by atoms with Crippen LogP contribution in [0.3, 0.4) is 0 Å². The van der Waals surface area contributed by atoms with E-state index in [1.165, 1.54) is 34.4 Å². The third kappa shape index (κ3) is 5.31. The molecule has 3 aromatic rings. The molecular weight excluding hydrogens is 580 g/mol. The molecule has 1 atom stereocenters. The van der Waals surface area contributed by atoms with Gasteiger partial charge in [0, 0.05) is 17.5 Å². The van der Waals surface area contributed by atoms with Gasteiger partial charge in [-0.25, -0.2) is 18.6 Å². The van der Waals surface area contributed by atoms with Crippen molar-refractivity contribution < 1.29 is 32.7 Å². The van der Waals surface area contributed by atoms with Gasteiger partial charge >= 0.3 is 6.03 Å². The molecule has 0 aliphatic carbocycles. The number of carbonyl (C=O) groups excluding carboxylic acids is 4. The van der Waals surface area contributed by atoms with Crippen molar-refractivity contribution in [3.63, 3.8) is 0 Å². The van der Waals surface area contributed by atoms with Crippen molar-refractivity contribution in [1.82, 2.24) is 20.5 Å². The fourth-order valence-electron chi connectivity index (χ4n) is 4.78. The summed E-state index contributed by atoms with van der Waals surface area (Å²) in [4.78, 5) is 55.3. The number of anilines is 1. The highest BCUT2D eigenvalue weighted by Gasteiger charge is 2.40. The van der Waals surface area contributed by atoms with Crippen LogP contribution in [-0.2, 0) is 21.7 Å². The molecule has 2 aliphatic rings. The highest BCUT2D eigenvalue weighted by Crippen LogP contribution is 2.39. The zero-order chi connectivity index (χ0) is 29.6. The lowest BCUT2D eigenvalue weighted by atomic mass is 10.0. The molecule has 3 N–H and O–H groups in total. The number of amides is 5. The largest absolute Gasteiger partial charge is 0.488 e. The summed E-state index contributed by atoms with van der Waals surface area (Å²) < 4.78 is 36.3. The normalized spacial score (nSPS) is 17.1. The Labute approximate surface area is 242 Å². The van der Waals surface area contributed by atoms with Crippen LogP contribution >= 0.6 is 22.9 Å². The van der Waals surface area contributed by atoms with Gasteiger partial charge in [0.25, 0.3) is 5.91 Å². The first kappa shape index (κ1) is 28.7. The van der Waals surface area contributed by atoms with E-state index in [9.17, 15) is 23.6 Å². The Hall–Kier alpha value is -3.84. The standard InChI is InChI=1S/C27H26ClF2N5O5S/c1-4-9-40-22-20(30)14(28)10-17-21(22)33-25(41-17)27(2,3)34-26(39)31-15-6-5-12-13(19(15)29)11-35(24(12)38)16-7-8-18(36)32-23(16)37/h5-6,10,16H,4,7-9,11H2,1-3H3,(H2,31,34,39)(H,32,36,37). The van der Waals surface area contributed by atoms with Crippen LogP contribution in [0, 0.1) is 11.6 Å². The fourth-order valence-corrected chi connectivity index (χ4v) is 6.10. The second-order valence-corrected chi connectivity index (χ2v) is 11.7. The molecule has 0 saturated carbocycles. The number of nitrogens with zero attached hydrogens (tertiary/aromatic N) is 2. The number of piperidine rings is 1. The van der Waals surface area contributed by atoms with Crippen LogP contribution in [0.1, 0.15) is 61.0 Å². The first-order valence-corrected chi connectivity index (χ1v) is 14.1. The molecule has 0 radical (unpaired) electrons. The average molecular weight is 606 g/mol. The summed E-state index contributed by atoms with van der Waals surface area (Å²) in [6.45, 7) is 5.34. The molecule has 10 nitrogen and oxygen atoms in total. The third-order valence-electron chi connectivity index (χ3n) is 6.84. The van der Waals surface area contributed by atoms with Gasteiger partial charge in [-0.2, -0.15) is 0 Å². The number of imide groups is 1. The molecule has 2 aromatic carbocycles. The summed E-state index contributed by atoms with van der Waals surface area (Å²) in [5, 5.41) is 7.75. The first-order valence-electron chi connectivity index (χ1n) is 12.9. The molecule has 1 unspecified atom stereocenters. The van der Waals surface area contributed by atoms with Crippen LogP contribution in [0.25, 0.3) is 10.2 Å². The molecule has 0 spiro atoms. The minimum absolute atomic E-state index is 0.0430. The van der Waals surface area contributed by atoms with Crippen molar-refractivity contribution >= 4 is 62.6 Å². The lowest BCUT2D eigenvalue weighted by Crippen LogP contribution is -2.52. The number of aromatic nitrogens is 1. The van der Waals surface area contributed by atoms with Crippen molar-refractivity contribution in [2.45, 2.75) is 58.2 Å². The Kier molecular flexibility index (Phi) is 7.60. The molecule has 41 heavy (non-hydrogen) atoms. The number of fused-ring (bicyclic) bond motifs is 2. The lowest BCUT2D eigenvalue weighted by Gasteiger charge is -2.29. The Morgan fingerprint density at radius 1 is 1.27 bits per heavy atom. The van der Waals surface area contributed by atoms with E-state index in [-0.39, 0.29) is 59.1 Å². The van der Waals surface area contributed by atoms with Gasteiger partial charge in [0.15, 0.2) is 17.4 Å². The van der Waals surface area contributed by atoms with Crippen molar-refractivity contribution in [2.24, 2.45) is 0 Å². The molecule has 5 rings (SSSR count). The van der Waals surface area contributed by atoms with Gasteiger partial charge in [-0.05, 0) is 44.9 Å². The van der Waals surface area contributed by atoms with Crippen LogP contribution in [0.2, 0.25) is 5.02 Å². The van der Waals surface area contributed by atoms with Crippen molar-refractivity contribution in [2.75, 3.05) is 11.9 Å². The minimum atomic E-state index is -1.06. The molecule has 1 fully saturated rings. The van der Waals surface area contributed by atoms with Crippen molar-refractivity contribution in [3.05, 3.63) is 51.0 Å². The third-order valence-corrected chi connectivity index (χ3v) is 8.45. The summed E-state index contributed by atoms with van der Waals surface area (Å²) in [5.41, 5.74) is -0.819. The Balaban J connectivity index is 1.33. The Morgan fingerprint density at radius 3 is 2.73 bits per heavy atom. The lowest BCUT2D eigenvalue weighted by molar-refractivity contribution is -0.136. The SMILES string of the molecule is CCCOc1c(F)c(Cl)cc2sc(C(C)(C)NC(=O)Nc3ccc4c(c3F)CN(C3CCC(=O)NC3=O)C4=O)nc12. The second kappa shape index (κ2) is 10.9. The summed E-state index contributed by atoms with van der Waals surface area (Å²) >= 11 is 7.25. The Bertz CT molecular complexity index is 1610. The van der Waals surface area contributed by atoms with Gasteiger partial charge in [0.1, 0.15) is 16.6 Å². The molecule has 216 valence electrons. The van der Waals surface area contributed by atoms with E-state index in [2.05, 4.69) is 20.9 Å². The number of rotatable bonds is 7. The highest BCUT2D eigenvalue weighted by molar-refractivity contribution is 7.18. The van der Waals surface area contributed by atoms with Gasteiger partial charge < -0.3 is 20.3 Å². The smallest absolute Gasteiger partial charge is 0.320 e. The van der Waals surface area contributed by atoms with E-state index >= 15 is 4.39 Å². The maximum atomic E-state index is 15.5. The average Bonchev–Trinajstić information content (AvgIpc) is 3.48. The topological polar surface area (TPSA) is 130 Å². The molecule has 0 bridgehead atoms. The van der Waals surface area contributed by atoms with Gasteiger partial charge in [0.2, 0.25) is 11.8 Å². The minimum Gasteiger partial charge on any atom is -0.488 e. The number of urea groups is 1. The number of halogens is 3. The monoisotopic (exact) mass is 605 g/mol. The van der Waals surface area contributed by atoms with Gasteiger partial charge in [-0.3, -0.25) is 19.7 Å². The van der Waals surface area contributed by atoms with Crippen molar-refractivity contribution in [1.29, 1.82) is 0 Å². The number of hydrogen-bond donors (Lipinski definition) is 3. The molecular formula is C27H26ClF2N5O5S. The van der Waals surface area contributed by atoms with Crippen LogP contribution < -0.4 is 20.7 Å². The molecule has 1 aromatic heterocycles. The first-order chi connectivity index (χ1) is 19.4. The molecule has 2 aliphatic heterocycles. The maximum Gasteiger partial charge on any atom is 0.320 e. The number of nitrogens with one attached hydrogen (secondary N) is 3. The van der Waals surface area contributed by atoms with E-state index in [1.807, 2.05) is 6.92 Å². The van der Waals surface area contributed by atoms with E-state index in [1.54, 1.807) is 13.8 Å². The summed E-state index contributed by atoms with van der Waals surface area (Å²) in [6, 6.07) is 2.47. The number of carbonyl (C=O) groups is 4. The summed E-state index contributed by atoms with van der Waals surface area (Å²) in [6.07, 6.45) is 0.872. The van der Waals surface area contributed by atoms with Crippen LogP contribution in [0.4, 0.5) is 19.3 Å². The summed E-state index contributed by atoms with van der Waals surface area (Å²) in [5.74, 6) is -3.13. The highest BCUT2D eigenvalue weighted by atomic mass is 35.5. The molecule has 5 amide bonds. The van der Waals surface area contributed by atoms with Gasteiger partial charge in [-0.15, -0.1) is 11.3 Å². The molecule has 1 saturated heterocycles. The van der Waals surface area contributed by atoms with E-state index in [0.717, 1.165) is 0 Å². The van der Waals surface area contributed by atoms with Gasteiger partial charge in [0.05, 0.1) is 34.1 Å². The molecule has 3 heterocycles. The van der Waals surface area contributed by atoms with E-state index in [4.69, 9.17) is 16.3 Å². The van der Waals surface area contributed by atoms with Crippen LogP contribution in [0.5, 0.6) is 5.75 Å². The van der Waals surface area contributed by atoms with E-state index in [0.29, 0.717) is 16.1 Å². The number of thiazole rings is 1. The van der Waals surface area contributed by atoms with Crippen molar-refractivity contribution in [3.8, 4) is 5.75 Å². The summed E-state index contributed by atoms with van der Waals surface area (Å²) in [7, 11) is 0. The predicted molar refractivity (Wildman–Crippen MR) is 148 cm³/mol. The number of hydrogen-bond acceptors (Lipinski definition) is 7. The second-order valence-electron chi connectivity index (χ2n) is 10.3. The Morgan fingerprint density at radius 2 is 2.02 bits per heavy atom. The zero-order valence-corrected chi connectivity index (χ0v) is 23.9. The number of benzene rings is 2. The quantitative estimate of drug-likeness (QED) is 0.331. The molecule has 14 heteroatoms.